The number of aromatic nitrogens is 2. The number of H-pyrrole nitrogens is 1. The summed E-state index contributed by atoms with van der Waals surface area (Å²) in [6.45, 7) is 5.08. The maximum atomic E-state index is 12.3. The van der Waals surface area contributed by atoms with Crippen molar-refractivity contribution in [3.8, 4) is 17.0 Å². The molecule has 2 aromatic carbocycles. The van der Waals surface area contributed by atoms with E-state index >= 15 is 0 Å². The van der Waals surface area contributed by atoms with E-state index in [9.17, 15) is 4.79 Å². The van der Waals surface area contributed by atoms with Crippen LogP contribution in [-0.4, -0.2) is 28.9 Å². The molecule has 0 saturated carbocycles. The molecule has 3 aromatic rings. The van der Waals surface area contributed by atoms with E-state index in [4.69, 9.17) is 4.74 Å². The van der Waals surface area contributed by atoms with Gasteiger partial charge in [0, 0.05) is 5.56 Å². The van der Waals surface area contributed by atoms with Crippen LogP contribution in [0.3, 0.4) is 0 Å². The van der Waals surface area contributed by atoms with Crippen LogP contribution in [0.5, 0.6) is 5.75 Å². The quantitative estimate of drug-likeness (QED) is 0.188. The van der Waals surface area contributed by atoms with Gasteiger partial charge in [0.25, 0.3) is 5.91 Å². The number of benzene rings is 2. The van der Waals surface area contributed by atoms with Gasteiger partial charge in [-0.1, -0.05) is 70.2 Å². The highest BCUT2D eigenvalue weighted by Crippen LogP contribution is 2.21. The Morgan fingerprint density at radius 3 is 2.45 bits per heavy atom. The Bertz CT molecular complexity index is 1010. The normalized spacial score (nSPS) is 11.1. The fraction of sp³-hybridized carbons (Fsp3) is 0.370. The lowest BCUT2D eigenvalue weighted by molar-refractivity contribution is 0.0950. The highest BCUT2D eigenvalue weighted by molar-refractivity contribution is 5.94. The van der Waals surface area contributed by atoms with Crippen LogP contribution in [0.15, 0.2) is 59.7 Å². The molecule has 1 aromatic heterocycles. The van der Waals surface area contributed by atoms with Gasteiger partial charge in [0.2, 0.25) is 0 Å². The number of carbonyl (C=O) groups excluding carboxylic acids is 1. The first kappa shape index (κ1) is 24.2. The number of carbonyl (C=O) groups is 1. The Kier molecular flexibility index (Phi) is 9.70. The predicted molar refractivity (Wildman–Crippen MR) is 134 cm³/mol. The van der Waals surface area contributed by atoms with E-state index in [0.717, 1.165) is 36.3 Å². The summed E-state index contributed by atoms with van der Waals surface area (Å²) in [5, 5.41) is 11.1. The predicted octanol–water partition coefficient (Wildman–Crippen LogP) is 6.14. The lowest BCUT2D eigenvalue weighted by Crippen LogP contribution is -2.17. The third-order valence-electron chi connectivity index (χ3n) is 5.51. The minimum absolute atomic E-state index is 0.339. The Labute approximate surface area is 196 Å². The number of aryl methyl sites for hydroxylation is 1. The molecule has 0 fully saturated rings. The van der Waals surface area contributed by atoms with Gasteiger partial charge in [-0.05, 0) is 54.3 Å². The minimum atomic E-state index is -0.339. The standard InChI is InChI=1S/C27H34N4O2/c1-3-5-6-7-8-9-18-33-24-16-14-23(15-17-24)25-19-26(30-29-25)27(32)31-28-20-22-12-10-21(4-2)11-13-22/h10-17,19-20H,3-9,18H2,1-2H3,(H,29,30)(H,31,32)/b28-20+. The van der Waals surface area contributed by atoms with E-state index in [1.807, 2.05) is 36.4 Å². The topological polar surface area (TPSA) is 79.4 Å². The Morgan fingerprint density at radius 2 is 1.73 bits per heavy atom. The molecule has 33 heavy (non-hydrogen) atoms. The number of hydrogen-bond donors (Lipinski definition) is 2. The molecular formula is C27H34N4O2. The maximum Gasteiger partial charge on any atom is 0.289 e. The number of aromatic amines is 1. The monoisotopic (exact) mass is 446 g/mol. The Hall–Kier alpha value is -3.41. The summed E-state index contributed by atoms with van der Waals surface area (Å²) in [4.78, 5) is 12.3. The number of nitrogens with zero attached hydrogens (tertiary/aromatic N) is 2. The number of rotatable bonds is 13. The number of amides is 1. The van der Waals surface area contributed by atoms with Crippen LogP contribution in [0.2, 0.25) is 0 Å². The molecule has 6 nitrogen and oxygen atoms in total. The van der Waals surface area contributed by atoms with Crippen LogP contribution in [0.25, 0.3) is 11.3 Å². The summed E-state index contributed by atoms with van der Waals surface area (Å²) in [5.41, 5.74) is 6.69. The van der Waals surface area contributed by atoms with Gasteiger partial charge in [0.05, 0.1) is 18.5 Å². The summed E-state index contributed by atoms with van der Waals surface area (Å²) in [5.74, 6) is 0.510. The Morgan fingerprint density at radius 1 is 1.00 bits per heavy atom. The van der Waals surface area contributed by atoms with Gasteiger partial charge in [-0.25, -0.2) is 5.43 Å². The van der Waals surface area contributed by atoms with Crippen molar-refractivity contribution in [2.24, 2.45) is 5.10 Å². The van der Waals surface area contributed by atoms with Crippen molar-refractivity contribution in [3.05, 3.63) is 71.4 Å². The smallest absolute Gasteiger partial charge is 0.289 e. The number of hydrogen-bond acceptors (Lipinski definition) is 4. The summed E-state index contributed by atoms with van der Waals surface area (Å²) in [6.07, 6.45) is 10.1. The maximum absolute atomic E-state index is 12.3. The molecule has 0 aliphatic heterocycles. The first-order chi connectivity index (χ1) is 16.2. The average molecular weight is 447 g/mol. The van der Waals surface area contributed by atoms with Crippen molar-refractivity contribution in [2.45, 2.75) is 58.8 Å². The molecule has 0 radical (unpaired) electrons. The second-order valence-electron chi connectivity index (χ2n) is 8.10. The molecule has 0 spiro atoms. The van der Waals surface area contributed by atoms with E-state index in [-0.39, 0.29) is 5.91 Å². The van der Waals surface area contributed by atoms with Gasteiger partial charge in [0.1, 0.15) is 11.4 Å². The second-order valence-corrected chi connectivity index (χ2v) is 8.10. The largest absolute Gasteiger partial charge is 0.494 e. The van der Waals surface area contributed by atoms with Crippen LogP contribution in [-0.2, 0) is 6.42 Å². The van der Waals surface area contributed by atoms with Crippen molar-refractivity contribution in [2.75, 3.05) is 6.61 Å². The fourth-order valence-electron chi connectivity index (χ4n) is 3.45. The third-order valence-corrected chi connectivity index (χ3v) is 5.51. The SMILES string of the molecule is CCCCCCCCOc1ccc(-c2cc(C(=O)N/N=C/c3ccc(CC)cc3)[nH]n2)cc1. The van der Waals surface area contributed by atoms with Crippen molar-refractivity contribution in [1.29, 1.82) is 0 Å². The molecule has 0 unspecified atom stereocenters. The van der Waals surface area contributed by atoms with Gasteiger partial charge >= 0.3 is 0 Å². The van der Waals surface area contributed by atoms with Crippen LogP contribution >= 0.6 is 0 Å². The average Bonchev–Trinajstić information content (AvgIpc) is 3.35. The summed E-state index contributed by atoms with van der Waals surface area (Å²) >= 11 is 0. The third kappa shape index (κ3) is 7.90. The van der Waals surface area contributed by atoms with Gasteiger partial charge in [-0.3, -0.25) is 9.89 Å². The van der Waals surface area contributed by atoms with E-state index in [2.05, 4.69) is 46.7 Å². The lowest BCUT2D eigenvalue weighted by atomic mass is 10.1. The molecule has 0 atom stereocenters. The first-order valence-electron chi connectivity index (χ1n) is 11.9. The minimum Gasteiger partial charge on any atom is -0.494 e. The summed E-state index contributed by atoms with van der Waals surface area (Å²) < 4.78 is 5.83. The van der Waals surface area contributed by atoms with Crippen molar-refractivity contribution in [3.63, 3.8) is 0 Å². The summed E-state index contributed by atoms with van der Waals surface area (Å²) in [6, 6.07) is 17.5. The van der Waals surface area contributed by atoms with Gasteiger partial charge in [-0.2, -0.15) is 10.2 Å². The zero-order valence-corrected chi connectivity index (χ0v) is 19.6. The first-order valence-corrected chi connectivity index (χ1v) is 11.9. The number of unbranched alkanes of at least 4 members (excludes halogenated alkanes) is 5. The number of nitrogens with one attached hydrogen (secondary N) is 2. The molecule has 0 aliphatic carbocycles. The molecule has 0 bridgehead atoms. The lowest BCUT2D eigenvalue weighted by Gasteiger charge is -2.06. The Balaban J connectivity index is 1.45. The van der Waals surface area contributed by atoms with E-state index < -0.39 is 0 Å². The van der Waals surface area contributed by atoms with E-state index in [0.29, 0.717) is 11.4 Å². The molecular weight excluding hydrogens is 412 g/mol. The van der Waals surface area contributed by atoms with E-state index in [1.165, 1.54) is 37.7 Å². The molecule has 3 rings (SSSR count). The zero-order valence-electron chi connectivity index (χ0n) is 19.6. The highest BCUT2D eigenvalue weighted by Gasteiger charge is 2.10. The van der Waals surface area contributed by atoms with Gasteiger partial charge in [-0.15, -0.1) is 0 Å². The molecule has 2 N–H and O–H groups in total. The number of ether oxygens (including phenoxy) is 1. The van der Waals surface area contributed by atoms with Crippen molar-refractivity contribution in [1.82, 2.24) is 15.6 Å². The van der Waals surface area contributed by atoms with Gasteiger partial charge in [0.15, 0.2) is 0 Å². The highest BCUT2D eigenvalue weighted by atomic mass is 16.5. The summed E-state index contributed by atoms with van der Waals surface area (Å²) in [7, 11) is 0. The molecule has 1 heterocycles. The molecule has 6 heteroatoms. The van der Waals surface area contributed by atoms with Crippen LogP contribution in [0.1, 0.15) is 74.0 Å². The molecule has 0 saturated heterocycles. The van der Waals surface area contributed by atoms with Crippen LogP contribution in [0, 0.1) is 0 Å². The number of hydrazone groups is 1. The van der Waals surface area contributed by atoms with Crippen molar-refractivity contribution >= 4 is 12.1 Å². The van der Waals surface area contributed by atoms with E-state index in [1.54, 1.807) is 12.3 Å². The fourth-order valence-corrected chi connectivity index (χ4v) is 3.45. The molecule has 0 aliphatic rings. The second kappa shape index (κ2) is 13.2. The molecule has 1 amide bonds. The van der Waals surface area contributed by atoms with Crippen LogP contribution in [0.4, 0.5) is 0 Å². The van der Waals surface area contributed by atoms with Crippen molar-refractivity contribution < 1.29 is 9.53 Å². The van der Waals surface area contributed by atoms with Crippen LogP contribution < -0.4 is 10.2 Å². The zero-order chi connectivity index (χ0) is 23.3. The van der Waals surface area contributed by atoms with Gasteiger partial charge < -0.3 is 4.74 Å². The molecule has 174 valence electrons.